The SMILES string of the molecule is CCN(CC(=O)NC(C)(C)C)C(=O)CSc1ncnc2sc(C)c(C)c12. The van der Waals surface area contributed by atoms with Crippen LogP contribution in [0.1, 0.15) is 38.1 Å². The maximum absolute atomic E-state index is 12.6. The number of aryl methyl sites for hydroxylation is 2. The number of hydrogen-bond donors (Lipinski definition) is 1. The number of rotatable bonds is 6. The fraction of sp³-hybridized carbons (Fsp3) is 0.556. The number of likely N-dealkylation sites (N-methyl/N-ethyl adjacent to an activating group) is 1. The van der Waals surface area contributed by atoms with Crippen LogP contribution in [0.15, 0.2) is 11.4 Å². The van der Waals surface area contributed by atoms with E-state index in [0.717, 1.165) is 20.8 Å². The van der Waals surface area contributed by atoms with Crippen molar-refractivity contribution in [2.75, 3.05) is 18.8 Å². The van der Waals surface area contributed by atoms with Crippen LogP contribution in [0.5, 0.6) is 0 Å². The molecule has 142 valence electrons. The molecule has 2 rings (SSSR count). The van der Waals surface area contributed by atoms with E-state index in [1.54, 1.807) is 22.6 Å². The second kappa shape index (κ2) is 8.35. The van der Waals surface area contributed by atoms with Crippen molar-refractivity contribution >= 4 is 45.1 Å². The van der Waals surface area contributed by atoms with Gasteiger partial charge in [0.1, 0.15) is 16.2 Å². The quantitative estimate of drug-likeness (QED) is 0.602. The zero-order chi connectivity index (χ0) is 19.5. The minimum absolute atomic E-state index is 0.0714. The van der Waals surface area contributed by atoms with E-state index >= 15 is 0 Å². The normalized spacial score (nSPS) is 11.6. The van der Waals surface area contributed by atoms with E-state index in [1.165, 1.54) is 16.6 Å². The maximum atomic E-state index is 12.6. The topological polar surface area (TPSA) is 75.2 Å². The molecule has 8 heteroatoms. The molecule has 0 fully saturated rings. The van der Waals surface area contributed by atoms with Crippen LogP contribution >= 0.6 is 23.1 Å². The largest absolute Gasteiger partial charge is 0.350 e. The number of aromatic nitrogens is 2. The molecule has 0 bridgehead atoms. The van der Waals surface area contributed by atoms with Crippen LogP contribution in [0.3, 0.4) is 0 Å². The molecule has 0 aliphatic carbocycles. The van der Waals surface area contributed by atoms with Gasteiger partial charge < -0.3 is 10.2 Å². The van der Waals surface area contributed by atoms with Crippen molar-refractivity contribution in [3.05, 3.63) is 16.8 Å². The molecule has 0 aliphatic rings. The first kappa shape index (κ1) is 20.6. The van der Waals surface area contributed by atoms with Crippen LogP contribution < -0.4 is 5.32 Å². The van der Waals surface area contributed by atoms with Crippen molar-refractivity contribution in [2.24, 2.45) is 0 Å². The number of fused-ring (bicyclic) bond motifs is 1. The number of thiophene rings is 1. The Balaban J connectivity index is 2.04. The maximum Gasteiger partial charge on any atom is 0.240 e. The summed E-state index contributed by atoms with van der Waals surface area (Å²) in [5, 5.41) is 4.74. The molecule has 2 heterocycles. The summed E-state index contributed by atoms with van der Waals surface area (Å²) in [7, 11) is 0. The summed E-state index contributed by atoms with van der Waals surface area (Å²) in [5.74, 6) is 0.0289. The van der Waals surface area contributed by atoms with Crippen LogP contribution in [-0.4, -0.2) is 51.1 Å². The van der Waals surface area contributed by atoms with Gasteiger partial charge in [-0.1, -0.05) is 11.8 Å². The second-order valence-electron chi connectivity index (χ2n) is 7.14. The summed E-state index contributed by atoms with van der Waals surface area (Å²) in [4.78, 5) is 37.1. The van der Waals surface area contributed by atoms with Crippen molar-refractivity contribution in [2.45, 2.75) is 52.1 Å². The van der Waals surface area contributed by atoms with Gasteiger partial charge in [-0.05, 0) is 47.1 Å². The average Bonchev–Trinajstić information content (AvgIpc) is 2.84. The van der Waals surface area contributed by atoms with Gasteiger partial charge in [0.25, 0.3) is 0 Å². The first-order chi connectivity index (χ1) is 12.1. The third kappa shape index (κ3) is 5.17. The Bertz CT molecular complexity index is 811. The Morgan fingerprint density at radius 3 is 2.58 bits per heavy atom. The lowest BCUT2D eigenvalue weighted by atomic mass is 10.1. The second-order valence-corrected chi connectivity index (χ2v) is 9.30. The molecule has 0 saturated heterocycles. The highest BCUT2D eigenvalue weighted by Crippen LogP contribution is 2.34. The number of amides is 2. The average molecular weight is 395 g/mol. The summed E-state index contributed by atoms with van der Waals surface area (Å²) in [6, 6.07) is 0. The summed E-state index contributed by atoms with van der Waals surface area (Å²) >= 11 is 3.04. The highest BCUT2D eigenvalue weighted by Gasteiger charge is 2.20. The first-order valence-corrected chi connectivity index (χ1v) is 10.3. The molecule has 26 heavy (non-hydrogen) atoms. The van der Waals surface area contributed by atoms with Gasteiger partial charge >= 0.3 is 0 Å². The molecular formula is C18H26N4O2S2. The molecule has 0 spiro atoms. The van der Waals surface area contributed by atoms with E-state index < -0.39 is 0 Å². The van der Waals surface area contributed by atoms with E-state index in [9.17, 15) is 9.59 Å². The molecule has 2 amide bonds. The van der Waals surface area contributed by atoms with E-state index in [4.69, 9.17) is 0 Å². The molecule has 0 unspecified atom stereocenters. The van der Waals surface area contributed by atoms with Crippen molar-refractivity contribution < 1.29 is 9.59 Å². The first-order valence-electron chi connectivity index (χ1n) is 8.54. The predicted octanol–water partition coefficient (Wildman–Crippen LogP) is 3.16. The molecule has 1 N–H and O–H groups in total. The van der Waals surface area contributed by atoms with Gasteiger partial charge in [0.2, 0.25) is 11.8 Å². The molecule has 2 aromatic heterocycles. The monoisotopic (exact) mass is 394 g/mol. The van der Waals surface area contributed by atoms with Gasteiger partial charge in [0, 0.05) is 22.3 Å². The van der Waals surface area contributed by atoms with E-state index in [-0.39, 0.29) is 29.7 Å². The van der Waals surface area contributed by atoms with Gasteiger partial charge in [0.15, 0.2) is 0 Å². The van der Waals surface area contributed by atoms with Crippen molar-refractivity contribution in [1.29, 1.82) is 0 Å². The number of nitrogens with one attached hydrogen (secondary N) is 1. The highest BCUT2D eigenvalue weighted by molar-refractivity contribution is 8.00. The summed E-state index contributed by atoms with van der Waals surface area (Å²) in [5.41, 5.74) is 0.854. The molecular weight excluding hydrogens is 368 g/mol. The lowest BCUT2D eigenvalue weighted by Gasteiger charge is -2.25. The standard InChI is InChI=1S/C18H26N4O2S2/c1-7-22(8-13(23)21-18(4,5)6)14(24)9-25-16-15-11(2)12(3)26-17(15)20-10-19-16/h10H,7-9H2,1-6H3,(H,21,23). The lowest BCUT2D eigenvalue weighted by Crippen LogP contribution is -2.47. The highest BCUT2D eigenvalue weighted by atomic mass is 32.2. The lowest BCUT2D eigenvalue weighted by molar-refractivity contribution is -0.134. The Labute approximate surface area is 162 Å². The van der Waals surface area contributed by atoms with Gasteiger partial charge in [-0.3, -0.25) is 9.59 Å². The molecule has 0 radical (unpaired) electrons. The minimum atomic E-state index is -0.310. The third-order valence-corrected chi connectivity index (χ3v) is 5.94. The van der Waals surface area contributed by atoms with Gasteiger partial charge in [0.05, 0.1) is 12.3 Å². The number of hydrogen-bond acceptors (Lipinski definition) is 6. The van der Waals surface area contributed by atoms with E-state index in [0.29, 0.717) is 6.54 Å². The molecule has 0 saturated carbocycles. The zero-order valence-corrected chi connectivity index (χ0v) is 17.8. The number of carbonyl (C=O) groups is 2. The van der Waals surface area contributed by atoms with E-state index in [1.807, 2.05) is 27.7 Å². The van der Waals surface area contributed by atoms with Crippen LogP contribution in [0.2, 0.25) is 0 Å². The van der Waals surface area contributed by atoms with Gasteiger partial charge in [-0.25, -0.2) is 9.97 Å². The summed E-state index contributed by atoms with van der Waals surface area (Å²) in [6.07, 6.45) is 1.54. The van der Waals surface area contributed by atoms with Crippen LogP contribution in [0.25, 0.3) is 10.2 Å². The Kier molecular flexibility index (Phi) is 6.63. The third-order valence-electron chi connectivity index (χ3n) is 3.85. The zero-order valence-electron chi connectivity index (χ0n) is 16.2. The van der Waals surface area contributed by atoms with Gasteiger partial charge in [-0.2, -0.15) is 0 Å². The Morgan fingerprint density at radius 2 is 1.96 bits per heavy atom. The summed E-state index contributed by atoms with van der Waals surface area (Å²) < 4.78 is 0. The molecule has 0 aromatic carbocycles. The van der Waals surface area contributed by atoms with Crippen molar-refractivity contribution in [1.82, 2.24) is 20.2 Å². The number of thioether (sulfide) groups is 1. The van der Waals surface area contributed by atoms with Gasteiger partial charge in [-0.15, -0.1) is 11.3 Å². The smallest absolute Gasteiger partial charge is 0.240 e. The molecule has 0 atom stereocenters. The number of carbonyl (C=O) groups excluding carboxylic acids is 2. The number of nitrogens with zero attached hydrogens (tertiary/aromatic N) is 3. The minimum Gasteiger partial charge on any atom is -0.350 e. The predicted molar refractivity (Wildman–Crippen MR) is 108 cm³/mol. The van der Waals surface area contributed by atoms with Crippen molar-refractivity contribution in [3.8, 4) is 0 Å². The molecule has 0 aliphatic heterocycles. The summed E-state index contributed by atoms with van der Waals surface area (Å²) in [6.45, 7) is 12.3. The fourth-order valence-corrected chi connectivity index (χ4v) is 4.51. The van der Waals surface area contributed by atoms with Crippen LogP contribution in [0.4, 0.5) is 0 Å². The van der Waals surface area contributed by atoms with E-state index in [2.05, 4.69) is 29.1 Å². The molecule has 6 nitrogen and oxygen atoms in total. The Hall–Kier alpha value is -1.67. The van der Waals surface area contributed by atoms with Crippen LogP contribution in [-0.2, 0) is 9.59 Å². The fourth-order valence-electron chi connectivity index (χ4n) is 2.49. The Morgan fingerprint density at radius 1 is 1.27 bits per heavy atom. The van der Waals surface area contributed by atoms with Crippen molar-refractivity contribution in [3.63, 3.8) is 0 Å². The van der Waals surface area contributed by atoms with Crippen LogP contribution in [0, 0.1) is 13.8 Å². The molecule has 2 aromatic rings.